The minimum absolute atomic E-state index is 0.00407. The molecule has 0 aromatic heterocycles. The lowest BCUT2D eigenvalue weighted by atomic mass is 10.0. The Kier molecular flexibility index (Phi) is 4.60. The first-order chi connectivity index (χ1) is 9.11. The second-order valence-electron chi connectivity index (χ2n) is 5.02. The molecular weight excluding hydrogens is 252 g/mol. The smallest absolute Gasteiger partial charge is 0.315 e. The highest BCUT2D eigenvalue weighted by atomic mass is 16.5. The predicted octanol–water partition coefficient (Wildman–Crippen LogP) is -0.0473. The quantitative estimate of drug-likeness (QED) is 0.667. The van der Waals surface area contributed by atoms with Gasteiger partial charge in [-0.2, -0.15) is 0 Å². The van der Waals surface area contributed by atoms with Crippen LogP contribution in [-0.4, -0.2) is 55.6 Å². The van der Waals surface area contributed by atoms with E-state index in [1.165, 1.54) is 0 Å². The van der Waals surface area contributed by atoms with Crippen LogP contribution < -0.4 is 10.6 Å². The number of amides is 2. The lowest BCUT2D eigenvalue weighted by Crippen LogP contribution is -2.51. The first-order valence-electron chi connectivity index (χ1n) is 6.52. The fraction of sp³-hybridized carbons (Fsp3) is 0.833. The third-order valence-corrected chi connectivity index (χ3v) is 3.79. The lowest BCUT2D eigenvalue weighted by molar-refractivity contribution is -0.142. The van der Waals surface area contributed by atoms with Gasteiger partial charge in [0.2, 0.25) is 0 Å². The number of methoxy groups -OCH3 is 1. The van der Waals surface area contributed by atoms with Crippen molar-refractivity contribution in [2.75, 3.05) is 20.3 Å². The summed E-state index contributed by atoms with van der Waals surface area (Å²) in [5, 5.41) is 14.5. The van der Waals surface area contributed by atoms with Crippen LogP contribution in [0.25, 0.3) is 0 Å². The van der Waals surface area contributed by atoms with Gasteiger partial charge in [0.1, 0.15) is 5.92 Å². The van der Waals surface area contributed by atoms with E-state index in [1.807, 2.05) is 0 Å². The molecule has 2 fully saturated rings. The van der Waals surface area contributed by atoms with Crippen molar-refractivity contribution in [1.29, 1.82) is 0 Å². The van der Waals surface area contributed by atoms with Crippen molar-refractivity contribution >= 4 is 12.0 Å². The predicted molar refractivity (Wildman–Crippen MR) is 65.8 cm³/mol. The number of rotatable bonds is 4. The van der Waals surface area contributed by atoms with Crippen LogP contribution in [0, 0.1) is 5.92 Å². The summed E-state index contributed by atoms with van der Waals surface area (Å²) in [6.07, 6.45) is 2.88. The second-order valence-corrected chi connectivity index (χ2v) is 5.02. The van der Waals surface area contributed by atoms with E-state index in [1.54, 1.807) is 7.11 Å². The van der Waals surface area contributed by atoms with Gasteiger partial charge in [-0.25, -0.2) is 4.79 Å². The SMILES string of the molecule is COC1CCCC1NC(=O)NC1COCC1C(=O)O. The molecule has 4 atom stereocenters. The van der Waals surface area contributed by atoms with Crippen LogP contribution in [0.15, 0.2) is 0 Å². The fourth-order valence-electron chi connectivity index (χ4n) is 2.69. The minimum atomic E-state index is -0.946. The molecule has 0 aromatic rings. The van der Waals surface area contributed by atoms with Crippen molar-refractivity contribution < 1.29 is 24.2 Å². The van der Waals surface area contributed by atoms with Gasteiger partial charge in [-0.05, 0) is 19.3 Å². The van der Waals surface area contributed by atoms with Crippen molar-refractivity contribution in [2.45, 2.75) is 37.5 Å². The summed E-state index contributed by atoms with van der Waals surface area (Å²) in [6, 6.07) is -0.828. The number of carboxylic acid groups (broad SMARTS) is 1. The molecule has 1 aliphatic carbocycles. The summed E-state index contributed by atoms with van der Waals surface area (Å²) in [5.74, 6) is -1.62. The first kappa shape index (κ1) is 14.1. The first-order valence-corrected chi connectivity index (χ1v) is 6.52. The average Bonchev–Trinajstić information content (AvgIpc) is 2.97. The maximum atomic E-state index is 11.9. The molecular formula is C12H20N2O5. The van der Waals surface area contributed by atoms with E-state index in [0.717, 1.165) is 19.3 Å². The summed E-state index contributed by atoms with van der Waals surface area (Å²) in [6.45, 7) is 0.382. The molecule has 0 bridgehead atoms. The van der Waals surface area contributed by atoms with Gasteiger partial charge >= 0.3 is 12.0 Å². The fourth-order valence-corrected chi connectivity index (χ4v) is 2.69. The van der Waals surface area contributed by atoms with Crippen LogP contribution in [-0.2, 0) is 14.3 Å². The molecule has 1 saturated heterocycles. The van der Waals surface area contributed by atoms with Crippen LogP contribution >= 0.6 is 0 Å². The van der Waals surface area contributed by atoms with Gasteiger partial charge < -0.3 is 25.2 Å². The highest BCUT2D eigenvalue weighted by molar-refractivity contribution is 5.77. The van der Waals surface area contributed by atoms with Gasteiger partial charge in [-0.15, -0.1) is 0 Å². The molecule has 7 nitrogen and oxygen atoms in total. The number of carbonyl (C=O) groups excluding carboxylic acids is 1. The minimum Gasteiger partial charge on any atom is -0.481 e. The average molecular weight is 272 g/mol. The number of nitrogens with one attached hydrogen (secondary N) is 2. The van der Waals surface area contributed by atoms with Crippen LogP contribution in [0.1, 0.15) is 19.3 Å². The maximum Gasteiger partial charge on any atom is 0.315 e. The van der Waals surface area contributed by atoms with Crippen molar-refractivity contribution in [1.82, 2.24) is 10.6 Å². The zero-order chi connectivity index (χ0) is 13.8. The van der Waals surface area contributed by atoms with Crippen molar-refractivity contribution in [3.63, 3.8) is 0 Å². The monoisotopic (exact) mass is 272 g/mol. The van der Waals surface area contributed by atoms with Crippen molar-refractivity contribution in [3.8, 4) is 0 Å². The zero-order valence-corrected chi connectivity index (χ0v) is 10.9. The highest BCUT2D eigenvalue weighted by Crippen LogP contribution is 2.21. The molecule has 3 N–H and O–H groups in total. The number of hydrogen-bond donors (Lipinski definition) is 3. The largest absolute Gasteiger partial charge is 0.481 e. The van der Waals surface area contributed by atoms with Gasteiger partial charge in [0.15, 0.2) is 0 Å². The van der Waals surface area contributed by atoms with Crippen molar-refractivity contribution in [2.24, 2.45) is 5.92 Å². The lowest BCUT2D eigenvalue weighted by Gasteiger charge is -2.22. The number of carboxylic acids is 1. The molecule has 4 unspecified atom stereocenters. The molecule has 1 aliphatic heterocycles. The molecule has 2 amide bonds. The summed E-state index contributed by atoms with van der Waals surface area (Å²) >= 11 is 0. The number of aliphatic carboxylic acids is 1. The molecule has 0 radical (unpaired) electrons. The van der Waals surface area contributed by atoms with E-state index in [2.05, 4.69) is 10.6 Å². The van der Waals surface area contributed by atoms with E-state index >= 15 is 0 Å². The molecule has 2 aliphatic rings. The normalized spacial score (nSPS) is 34.2. The Bertz CT molecular complexity index is 349. The number of urea groups is 1. The van der Waals surface area contributed by atoms with E-state index in [-0.39, 0.29) is 31.4 Å². The van der Waals surface area contributed by atoms with Crippen LogP contribution in [0.2, 0.25) is 0 Å². The number of hydrogen-bond acceptors (Lipinski definition) is 4. The van der Waals surface area contributed by atoms with Gasteiger partial charge in [0.25, 0.3) is 0 Å². The Labute approximate surface area is 111 Å². The molecule has 19 heavy (non-hydrogen) atoms. The third-order valence-electron chi connectivity index (χ3n) is 3.79. The third kappa shape index (κ3) is 3.36. The van der Waals surface area contributed by atoms with E-state index < -0.39 is 17.9 Å². The van der Waals surface area contributed by atoms with Crippen molar-refractivity contribution in [3.05, 3.63) is 0 Å². The van der Waals surface area contributed by atoms with Gasteiger partial charge in [0, 0.05) is 7.11 Å². The molecule has 2 rings (SSSR count). The number of carbonyl (C=O) groups is 2. The summed E-state index contributed by atoms with van der Waals surface area (Å²) in [5.41, 5.74) is 0. The molecule has 7 heteroatoms. The van der Waals surface area contributed by atoms with Crippen LogP contribution in [0.4, 0.5) is 4.79 Å². The summed E-state index contributed by atoms with van der Waals surface area (Å²) in [4.78, 5) is 22.8. The van der Waals surface area contributed by atoms with Gasteiger partial charge in [-0.1, -0.05) is 0 Å². The topological polar surface area (TPSA) is 96.9 Å². The van der Waals surface area contributed by atoms with E-state index in [9.17, 15) is 9.59 Å². The molecule has 1 heterocycles. The van der Waals surface area contributed by atoms with Gasteiger partial charge in [-0.3, -0.25) is 4.79 Å². The molecule has 108 valence electrons. The summed E-state index contributed by atoms with van der Waals surface area (Å²) < 4.78 is 10.4. The van der Waals surface area contributed by atoms with E-state index in [4.69, 9.17) is 14.6 Å². The zero-order valence-electron chi connectivity index (χ0n) is 10.9. The Morgan fingerprint density at radius 2 is 1.95 bits per heavy atom. The van der Waals surface area contributed by atoms with Crippen LogP contribution in [0.3, 0.4) is 0 Å². The Morgan fingerprint density at radius 1 is 1.21 bits per heavy atom. The molecule has 1 saturated carbocycles. The molecule has 0 aromatic carbocycles. The molecule has 0 spiro atoms. The second kappa shape index (κ2) is 6.21. The van der Waals surface area contributed by atoms with Gasteiger partial charge in [0.05, 0.1) is 31.4 Å². The Balaban J connectivity index is 1.82. The Morgan fingerprint density at radius 3 is 2.63 bits per heavy atom. The number of ether oxygens (including phenoxy) is 2. The van der Waals surface area contributed by atoms with E-state index in [0.29, 0.717) is 0 Å². The standard InChI is InChI=1S/C12H20N2O5/c1-18-10-4-2-3-8(10)13-12(17)14-9-6-19-5-7(9)11(15)16/h7-10H,2-6H2,1H3,(H,15,16)(H2,13,14,17). The highest BCUT2D eigenvalue weighted by Gasteiger charge is 2.36. The maximum absolute atomic E-state index is 11.9. The van der Waals surface area contributed by atoms with Crippen LogP contribution in [0.5, 0.6) is 0 Å². The Hall–Kier alpha value is -1.34. The summed E-state index contributed by atoms with van der Waals surface area (Å²) in [7, 11) is 1.63.